The second-order valence-corrected chi connectivity index (χ2v) is 1.64. The van der Waals surface area contributed by atoms with Gasteiger partial charge in [0.2, 0.25) is 0 Å². The highest BCUT2D eigenvalue weighted by molar-refractivity contribution is 5.94. The lowest BCUT2D eigenvalue weighted by molar-refractivity contribution is -0.156. The molecule has 10 heavy (non-hydrogen) atoms. The van der Waals surface area contributed by atoms with Crippen LogP contribution in [0.25, 0.3) is 0 Å². The Bertz CT molecular complexity index is 174. The normalized spacial score (nSPS) is 8.50. The van der Waals surface area contributed by atoms with Crippen LogP contribution in [-0.2, 0) is 14.3 Å². The summed E-state index contributed by atoms with van der Waals surface area (Å²) in [5, 5.41) is 0. The zero-order valence-corrected chi connectivity index (χ0v) is 5.72. The van der Waals surface area contributed by atoms with E-state index in [0.29, 0.717) is 0 Å². The lowest BCUT2D eigenvalue weighted by Gasteiger charge is -1.97. The molecule has 2 N–H and O–H groups in total. The van der Waals surface area contributed by atoms with E-state index in [9.17, 15) is 9.59 Å². The minimum atomic E-state index is -0.869. The van der Waals surface area contributed by atoms with Crippen molar-refractivity contribution in [2.24, 2.45) is 5.73 Å². The molecule has 0 aromatic rings. The van der Waals surface area contributed by atoms with E-state index < -0.39 is 11.9 Å². The monoisotopic (exact) mass is 143 g/mol. The Kier molecular flexibility index (Phi) is 3.17. The first-order chi connectivity index (χ1) is 4.57. The van der Waals surface area contributed by atoms with E-state index >= 15 is 0 Å². The van der Waals surface area contributed by atoms with Gasteiger partial charge in [0.1, 0.15) is 5.70 Å². The average Bonchev–Trinajstić information content (AvgIpc) is 1.87. The first-order valence-corrected chi connectivity index (χ1v) is 2.77. The second kappa shape index (κ2) is 3.66. The van der Waals surface area contributed by atoms with Gasteiger partial charge in [-0.2, -0.15) is 0 Å². The number of hydrogen-bond donors (Lipinski definition) is 1. The van der Waals surface area contributed by atoms with Crippen molar-refractivity contribution in [3.05, 3.63) is 12.3 Å². The fraction of sp³-hybridized carbons (Fsp3) is 0.333. The summed E-state index contributed by atoms with van der Waals surface area (Å²) in [6, 6.07) is 0. The summed E-state index contributed by atoms with van der Waals surface area (Å²) in [4.78, 5) is 20.8. The molecule has 0 heterocycles. The molecule has 0 rings (SSSR count). The van der Waals surface area contributed by atoms with Gasteiger partial charge in [-0.15, -0.1) is 0 Å². The Morgan fingerprint density at radius 3 is 2.40 bits per heavy atom. The molecule has 0 atom stereocenters. The molecular formula is C6H9NO3. The van der Waals surface area contributed by atoms with E-state index in [4.69, 9.17) is 5.73 Å². The van der Waals surface area contributed by atoms with Crippen LogP contribution in [0.5, 0.6) is 0 Å². The summed E-state index contributed by atoms with van der Waals surface area (Å²) < 4.78 is 4.16. The van der Waals surface area contributed by atoms with Crippen LogP contribution in [0, 0.1) is 0 Å². The van der Waals surface area contributed by atoms with Crippen molar-refractivity contribution < 1.29 is 14.3 Å². The number of carbonyl (C=O) groups is 2. The molecule has 0 radical (unpaired) electrons. The zero-order chi connectivity index (χ0) is 8.15. The molecule has 4 heteroatoms. The first kappa shape index (κ1) is 8.68. The van der Waals surface area contributed by atoms with Gasteiger partial charge in [0.25, 0.3) is 0 Å². The van der Waals surface area contributed by atoms with E-state index in [1.807, 2.05) is 0 Å². The third-order valence-electron chi connectivity index (χ3n) is 0.757. The number of hydrogen-bond acceptors (Lipinski definition) is 4. The Morgan fingerprint density at radius 2 is 2.10 bits per heavy atom. The van der Waals surface area contributed by atoms with Crippen LogP contribution in [0.3, 0.4) is 0 Å². The minimum Gasteiger partial charge on any atom is -0.393 e. The number of carbonyl (C=O) groups excluding carboxylic acids is 2. The van der Waals surface area contributed by atoms with Gasteiger partial charge in [0.15, 0.2) is 0 Å². The summed E-state index contributed by atoms with van der Waals surface area (Å²) in [5.74, 6) is -1.47. The van der Waals surface area contributed by atoms with Crippen LogP contribution in [-0.4, -0.2) is 11.9 Å². The Morgan fingerprint density at radius 1 is 1.60 bits per heavy atom. The van der Waals surface area contributed by atoms with Crippen LogP contribution in [0.15, 0.2) is 12.3 Å². The molecule has 0 saturated carbocycles. The number of nitrogens with two attached hydrogens (primary N) is 1. The second-order valence-electron chi connectivity index (χ2n) is 1.64. The maximum atomic E-state index is 10.4. The van der Waals surface area contributed by atoms with Gasteiger partial charge in [0, 0.05) is 6.42 Å². The van der Waals surface area contributed by atoms with Crippen LogP contribution >= 0.6 is 0 Å². The number of esters is 2. The minimum absolute atomic E-state index is 0.152. The molecule has 0 aliphatic heterocycles. The van der Waals surface area contributed by atoms with Crippen LogP contribution in [0.2, 0.25) is 0 Å². The molecule has 0 aromatic heterocycles. The standard InChI is InChI=1S/C6H9NO3/c1-3-5(8)10-6(9)4(2)7/h2-3,7H2,1H3. The third kappa shape index (κ3) is 2.86. The first-order valence-electron chi connectivity index (χ1n) is 2.77. The molecule has 4 nitrogen and oxygen atoms in total. The summed E-state index contributed by atoms with van der Waals surface area (Å²) in [5.41, 5.74) is 4.66. The summed E-state index contributed by atoms with van der Waals surface area (Å²) in [7, 11) is 0. The van der Waals surface area contributed by atoms with Crippen LogP contribution < -0.4 is 5.73 Å². The van der Waals surface area contributed by atoms with Crippen molar-refractivity contribution in [3.8, 4) is 0 Å². The van der Waals surface area contributed by atoms with Crippen molar-refractivity contribution in [1.29, 1.82) is 0 Å². The quantitative estimate of drug-likeness (QED) is 0.334. The van der Waals surface area contributed by atoms with Crippen molar-refractivity contribution in [3.63, 3.8) is 0 Å². The van der Waals surface area contributed by atoms with E-state index in [-0.39, 0.29) is 12.1 Å². The highest BCUT2D eigenvalue weighted by Gasteiger charge is 2.08. The van der Waals surface area contributed by atoms with E-state index in [1.54, 1.807) is 6.92 Å². The van der Waals surface area contributed by atoms with Crippen LogP contribution in [0.1, 0.15) is 13.3 Å². The van der Waals surface area contributed by atoms with Gasteiger partial charge in [-0.1, -0.05) is 13.5 Å². The van der Waals surface area contributed by atoms with Gasteiger partial charge in [-0.25, -0.2) is 4.79 Å². The molecule has 0 spiro atoms. The Hall–Kier alpha value is -1.32. The Balaban J connectivity index is 3.80. The van der Waals surface area contributed by atoms with E-state index in [0.717, 1.165) is 0 Å². The molecule has 0 bridgehead atoms. The Labute approximate surface area is 58.7 Å². The molecule has 0 unspecified atom stereocenters. The van der Waals surface area contributed by atoms with Crippen molar-refractivity contribution in [2.45, 2.75) is 13.3 Å². The topological polar surface area (TPSA) is 69.4 Å². The molecule has 0 fully saturated rings. The highest BCUT2D eigenvalue weighted by atomic mass is 16.6. The summed E-state index contributed by atoms with van der Waals surface area (Å²) in [6.45, 7) is 4.67. The average molecular weight is 143 g/mol. The summed E-state index contributed by atoms with van der Waals surface area (Å²) in [6.07, 6.45) is 0.152. The molecule has 0 aromatic carbocycles. The van der Waals surface area contributed by atoms with Gasteiger partial charge in [-0.05, 0) is 0 Å². The van der Waals surface area contributed by atoms with E-state index in [2.05, 4.69) is 11.3 Å². The van der Waals surface area contributed by atoms with Gasteiger partial charge in [-0.3, -0.25) is 4.79 Å². The van der Waals surface area contributed by atoms with Crippen molar-refractivity contribution in [1.82, 2.24) is 0 Å². The fourth-order valence-corrected chi connectivity index (χ4v) is 0.241. The number of rotatable bonds is 2. The lowest BCUT2D eigenvalue weighted by atomic mass is 10.5. The summed E-state index contributed by atoms with van der Waals surface area (Å²) >= 11 is 0. The SMILES string of the molecule is C=C(N)C(=O)OC(=O)CC. The largest absolute Gasteiger partial charge is 0.393 e. The molecular weight excluding hydrogens is 134 g/mol. The van der Waals surface area contributed by atoms with Gasteiger partial charge < -0.3 is 10.5 Å². The fourth-order valence-electron chi connectivity index (χ4n) is 0.241. The third-order valence-corrected chi connectivity index (χ3v) is 0.757. The molecule has 0 amide bonds. The molecule has 0 aliphatic rings. The lowest BCUT2D eigenvalue weighted by Crippen LogP contribution is -2.17. The smallest absolute Gasteiger partial charge is 0.361 e. The molecule has 56 valence electrons. The van der Waals surface area contributed by atoms with Crippen LogP contribution in [0.4, 0.5) is 0 Å². The van der Waals surface area contributed by atoms with Gasteiger partial charge >= 0.3 is 11.9 Å². The molecule has 0 aliphatic carbocycles. The zero-order valence-electron chi connectivity index (χ0n) is 5.72. The van der Waals surface area contributed by atoms with Crippen molar-refractivity contribution in [2.75, 3.05) is 0 Å². The maximum Gasteiger partial charge on any atom is 0.361 e. The van der Waals surface area contributed by atoms with Gasteiger partial charge in [0.05, 0.1) is 0 Å². The number of ether oxygens (including phenoxy) is 1. The predicted molar refractivity (Wildman–Crippen MR) is 34.7 cm³/mol. The van der Waals surface area contributed by atoms with Crippen molar-refractivity contribution >= 4 is 11.9 Å². The van der Waals surface area contributed by atoms with E-state index in [1.165, 1.54) is 0 Å². The predicted octanol–water partition coefficient (Wildman–Crippen LogP) is -0.0614. The highest BCUT2D eigenvalue weighted by Crippen LogP contribution is 1.89. The molecule has 0 saturated heterocycles. The maximum absolute atomic E-state index is 10.4.